The smallest absolute Gasteiger partial charge is 0.156 e. The summed E-state index contributed by atoms with van der Waals surface area (Å²) in [5, 5.41) is 14.3. The van der Waals surface area contributed by atoms with E-state index in [1.165, 1.54) is 12.1 Å². The minimum Gasteiger partial charge on any atom is -0.392 e. The minimum absolute atomic E-state index is 0.137. The predicted molar refractivity (Wildman–Crippen MR) is 83.1 cm³/mol. The summed E-state index contributed by atoms with van der Waals surface area (Å²) >= 11 is 0. The van der Waals surface area contributed by atoms with Crippen molar-refractivity contribution in [3.05, 3.63) is 53.1 Å². The van der Waals surface area contributed by atoms with E-state index in [1.807, 2.05) is 26.8 Å². The fourth-order valence-electron chi connectivity index (χ4n) is 2.71. The standard InChI is InChI=1S/C17H18FN3O/c1-10(2)16-14(9-22)17(12-4-6-13(18)7-5-12)21-15(19-16)8-11(3)20-21/h4-8,10,22H,9H2,1-3H3. The summed E-state index contributed by atoms with van der Waals surface area (Å²) in [6.07, 6.45) is 0. The van der Waals surface area contributed by atoms with Crippen molar-refractivity contribution in [1.29, 1.82) is 0 Å². The van der Waals surface area contributed by atoms with Crippen molar-refractivity contribution in [1.82, 2.24) is 14.6 Å². The zero-order valence-corrected chi connectivity index (χ0v) is 12.8. The van der Waals surface area contributed by atoms with Crippen LogP contribution in [0.15, 0.2) is 30.3 Å². The van der Waals surface area contributed by atoms with Crippen molar-refractivity contribution < 1.29 is 9.50 Å². The second-order valence-electron chi connectivity index (χ2n) is 5.70. The molecule has 0 spiro atoms. The van der Waals surface area contributed by atoms with Gasteiger partial charge in [0.05, 0.1) is 23.7 Å². The van der Waals surface area contributed by atoms with E-state index in [2.05, 4.69) is 10.1 Å². The monoisotopic (exact) mass is 299 g/mol. The lowest BCUT2D eigenvalue weighted by Crippen LogP contribution is -2.09. The van der Waals surface area contributed by atoms with E-state index in [-0.39, 0.29) is 18.3 Å². The number of rotatable bonds is 3. The maximum absolute atomic E-state index is 13.2. The first-order valence-corrected chi connectivity index (χ1v) is 7.27. The molecule has 0 amide bonds. The molecule has 114 valence electrons. The van der Waals surface area contributed by atoms with E-state index < -0.39 is 0 Å². The van der Waals surface area contributed by atoms with Crippen LogP contribution < -0.4 is 0 Å². The Labute approximate surface area is 128 Å². The summed E-state index contributed by atoms with van der Waals surface area (Å²) in [7, 11) is 0. The fourth-order valence-corrected chi connectivity index (χ4v) is 2.71. The van der Waals surface area contributed by atoms with Crippen LogP contribution in [-0.4, -0.2) is 19.7 Å². The minimum atomic E-state index is -0.291. The van der Waals surface area contributed by atoms with Crippen molar-refractivity contribution >= 4 is 5.65 Å². The molecule has 4 nitrogen and oxygen atoms in total. The van der Waals surface area contributed by atoms with E-state index in [9.17, 15) is 9.50 Å². The zero-order valence-electron chi connectivity index (χ0n) is 12.8. The SMILES string of the molecule is Cc1cc2nc(C(C)C)c(CO)c(-c3ccc(F)cc3)n2n1. The van der Waals surface area contributed by atoms with Gasteiger partial charge in [0.15, 0.2) is 5.65 Å². The average Bonchev–Trinajstić information content (AvgIpc) is 2.86. The summed E-state index contributed by atoms with van der Waals surface area (Å²) < 4.78 is 14.9. The first-order chi connectivity index (χ1) is 10.5. The van der Waals surface area contributed by atoms with Gasteiger partial charge in [0.1, 0.15) is 5.82 Å². The number of benzene rings is 1. The quantitative estimate of drug-likeness (QED) is 0.805. The molecule has 1 aromatic carbocycles. The highest BCUT2D eigenvalue weighted by atomic mass is 19.1. The average molecular weight is 299 g/mol. The summed E-state index contributed by atoms with van der Waals surface area (Å²) in [6, 6.07) is 8.12. The van der Waals surface area contributed by atoms with Crippen LogP contribution in [-0.2, 0) is 6.61 Å². The molecule has 0 atom stereocenters. The topological polar surface area (TPSA) is 50.4 Å². The molecule has 3 rings (SSSR count). The Kier molecular flexibility index (Phi) is 3.66. The summed E-state index contributed by atoms with van der Waals surface area (Å²) in [5.41, 5.74) is 4.73. The number of nitrogens with zero attached hydrogens (tertiary/aromatic N) is 3. The van der Waals surface area contributed by atoms with Gasteiger partial charge in [-0.3, -0.25) is 0 Å². The number of fused-ring (bicyclic) bond motifs is 1. The van der Waals surface area contributed by atoms with Gasteiger partial charge in [-0.15, -0.1) is 0 Å². The molecule has 2 heterocycles. The molecule has 3 aromatic rings. The fraction of sp³-hybridized carbons (Fsp3) is 0.294. The van der Waals surface area contributed by atoms with Crippen LogP contribution >= 0.6 is 0 Å². The molecule has 1 N–H and O–H groups in total. The molecule has 0 aliphatic rings. The summed E-state index contributed by atoms with van der Waals surface area (Å²) in [6.45, 7) is 5.84. The molecule has 0 aliphatic carbocycles. The lowest BCUT2D eigenvalue weighted by molar-refractivity contribution is 0.279. The van der Waals surface area contributed by atoms with Gasteiger partial charge in [0.25, 0.3) is 0 Å². The molecule has 0 fully saturated rings. The number of halogens is 1. The molecular weight excluding hydrogens is 281 g/mol. The lowest BCUT2D eigenvalue weighted by atomic mass is 9.99. The van der Waals surface area contributed by atoms with Gasteiger partial charge in [0, 0.05) is 17.2 Å². The molecule has 0 saturated heterocycles. The molecule has 0 radical (unpaired) electrons. The highest BCUT2D eigenvalue weighted by Crippen LogP contribution is 2.30. The number of aliphatic hydroxyl groups excluding tert-OH is 1. The third-order valence-corrected chi connectivity index (χ3v) is 3.68. The maximum atomic E-state index is 13.2. The number of aryl methyl sites for hydroxylation is 1. The molecule has 5 heteroatoms. The van der Waals surface area contributed by atoms with E-state index in [1.54, 1.807) is 16.6 Å². The Bertz CT molecular complexity index is 822. The van der Waals surface area contributed by atoms with Gasteiger partial charge in [-0.05, 0) is 37.1 Å². The second-order valence-corrected chi connectivity index (χ2v) is 5.70. The van der Waals surface area contributed by atoms with Crippen molar-refractivity contribution in [2.75, 3.05) is 0 Å². The summed E-state index contributed by atoms with van der Waals surface area (Å²) in [4.78, 5) is 4.64. The highest BCUT2D eigenvalue weighted by molar-refractivity contribution is 5.68. The van der Waals surface area contributed by atoms with Crippen molar-refractivity contribution in [2.45, 2.75) is 33.3 Å². The molecule has 2 aromatic heterocycles. The maximum Gasteiger partial charge on any atom is 0.156 e. The van der Waals surface area contributed by atoms with E-state index in [0.717, 1.165) is 33.9 Å². The predicted octanol–water partition coefficient (Wildman–Crippen LogP) is 3.46. The first kappa shape index (κ1) is 14.7. The van der Waals surface area contributed by atoms with Crippen molar-refractivity contribution in [3.63, 3.8) is 0 Å². The Balaban J connectivity index is 2.40. The van der Waals surface area contributed by atoms with E-state index in [0.29, 0.717) is 0 Å². The van der Waals surface area contributed by atoms with Crippen LogP contribution in [0.2, 0.25) is 0 Å². The number of aliphatic hydroxyl groups is 1. The molecule has 0 saturated carbocycles. The van der Waals surface area contributed by atoms with Gasteiger partial charge in [-0.2, -0.15) is 5.10 Å². The highest BCUT2D eigenvalue weighted by Gasteiger charge is 2.19. The van der Waals surface area contributed by atoms with Crippen LogP contribution in [0, 0.1) is 12.7 Å². The van der Waals surface area contributed by atoms with Gasteiger partial charge in [-0.1, -0.05) is 13.8 Å². The van der Waals surface area contributed by atoms with Gasteiger partial charge in [-0.25, -0.2) is 13.9 Å². The number of hydrogen-bond donors (Lipinski definition) is 1. The zero-order chi connectivity index (χ0) is 15.9. The van der Waals surface area contributed by atoms with Crippen LogP contribution in [0.25, 0.3) is 16.9 Å². The van der Waals surface area contributed by atoms with Gasteiger partial charge >= 0.3 is 0 Å². The summed E-state index contributed by atoms with van der Waals surface area (Å²) in [5.74, 6) is -0.123. The lowest BCUT2D eigenvalue weighted by Gasteiger charge is -2.16. The molecule has 0 aliphatic heterocycles. The molecule has 0 unspecified atom stereocenters. The van der Waals surface area contributed by atoms with Crippen LogP contribution in [0.4, 0.5) is 4.39 Å². The van der Waals surface area contributed by atoms with E-state index in [4.69, 9.17) is 0 Å². The second kappa shape index (κ2) is 5.50. The van der Waals surface area contributed by atoms with Gasteiger partial charge < -0.3 is 5.11 Å². The van der Waals surface area contributed by atoms with Crippen LogP contribution in [0.5, 0.6) is 0 Å². The van der Waals surface area contributed by atoms with Crippen molar-refractivity contribution in [2.24, 2.45) is 0 Å². The molecule has 22 heavy (non-hydrogen) atoms. The largest absolute Gasteiger partial charge is 0.392 e. The Morgan fingerprint density at radius 1 is 1.23 bits per heavy atom. The first-order valence-electron chi connectivity index (χ1n) is 7.27. The third kappa shape index (κ3) is 2.37. The Morgan fingerprint density at radius 3 is 2.50 bits per heavy atom. The van der Waals surface area contributed by atoms with E-state index >= 15 is 0 Å². The molecular formula is C17H18FN3O. The normalized spacial score (nSPS) is 11.5. The Morgan fingerprint density at radius 2 is 1.91 bits per heavy atom. The van der Waals surface area contributed by atoms with Crippen molar-refractivity contribution in [3.8, 4) is 11.3 Å². The van der Waals surface area contributed by atoms with Crippen LogP contribution in [0.1, 0.15) is 36.7 Å². The Hall–Kier alpha value is -2.27. The number of aromatic nitrogens is 3. The van der Waals surface area contributed by atoms with Crippen LogP contribution in [0.3, 0.4) is 0 Å². The third-order valence-electron chi connectivity index (χ3n) is 3.68. The number of hydrogen-bond acceptors (Lipinski definition) is 3. The molecule has 0 bridgehead atoms. The van der Waals surface area contributed by atoms with Gasteiger partial charge in [0.2, 0.25) is 0 Å².